The van der Waals surface area contributed by atoms with Gasteiger partial charge in [0.05, 0.1) is 23.8 Å². The smallest absolute Gasteiger partial charge is 0.0549 e. The van der Waals surface area contributed by atoms with Crippen molar-refractivity contribution in [3.8, 4) is 0 Å². The molecule has 1 rings (SSSR count). The van der Waals surface area contributed by atoms with Gasteiger partial charge in [-0.05, 0) is 19.9 Å². The van der Waals surface area contributed by atoms with Crippen LogP contribution in [0, 0.1) is 0 Å². The fraction of sp³-hybridized carbons (Fsp3) is 0.444. The fourth-order valence-electron chi connectivity index (χ4n) is 0.989. The molecule has 3 heteroatoms. The number of rotatable bonds is 3. The molecule has 0 aliphatic heterocycles. The molecule has 3 nitrogen and oxygen atoms in total. The second-order valence-electron chi connectivity index (χ2n) is 3.01. The lowest BCUT2D eigenvalue weighted by molar-refractivity contribution is 0.898. The van der Waals surface area contributed by atoms with E-state index < -0.39 is 0 Å². The molecule has 1 aromatic rings. The third-order valence-corrected chi connectivity index (χ3v) is 1.48. The summed E-state index contributed by atoms with van der Waals surface area (Å²) < 4.78 is 0. The normalized spacial score (nSPS) is 10.0. The van der Waals surface area contributed by atoms with Gasteiger partial charge in [-0.2, -0.15) is 0 Å². The second kappa shape index (κ2) is 3.95. The standard InChI is InChI=1S/C9H15N3/c1-7(2)12-9-4-8(10-3)5-11-6-9/h4-7,10,12H,1-3H3. The highest BCUT2D eigenvalue weighted by molar-refractivity contribution is 5.53. The molecule has 0 saturated carbocycles. The van der Waals surface area contributed by atoms with Crippen LogP contribution in [0.3, 0.4) is 0 Å². The number of hydrogen-bond acceptors (Lipinski definition) is 3. The molecule has 0 saturated heterocycles. The largest absolute Gasteiger partial charge is 0.387 e. The minimum Gasteiger partial charge on any atom is -0.387 e. The highest BCUT2D eigenvalue weighted by Gasteiger charge is 1.95. The summed E-state index contributed by atoms with van der Waals surface area (Å²) in [6, 6.07) is 2.48. The van der Waals surface area contributed by atoms with Gasteiger partial charge in [0.2, 0.25) is 0 Å². The maximum atomic E-state index is 4.08. The van der Waals surface area contributed by atoms with Crippen LogP contribution in [0.5, 0.6) is 0 Å². The van der Waals surface area contributed by atoms with E-state index in [0.29, 0.717) is 6.04 Å². The third kappa shape index (κ3) is 2.42. The number of anilines is 2. The SMILES string of the molecule is CNc1cncc(NC(C)C)c1. The van der Waals surface area contributed by atoms with E-state index in [1.165, 1.54) is 0 Å². The van der Waals surface area contributed by atoms with Gasteiger partial charge in [-0.25, -0.2) is 0 Å². The number of aromatic nitrogens is 1. The average Bonchev–Trinajstić information content (AvgIpc) is 2.03. The minimum atomic E-state index is 0.443. The third-order valence-electron chi connectivity index (χ3n) is 1.48. The van der Waals surface area contributed by atoms with Gasteiger partial charge in [0, 0.05) is 13.1 Å². The van der Waals surface area contributed by atoms with Crippen LogP contribution >= 0.6 is 0 Å². The predicted octanol–water partition coefficient (Wildman–Crippen LogP) is 1.94. The first-order chi connectivity index (χ1) is 5.72. The van der Waals surface area contributed by atoms with Crippen molar-refractivity contribution in [3.05, 3.63) is 18.5 Å². The molecule has 0 fully saturated rings. The highest BCUT2D eigenvalue weighted by Crippen LogP contribution is 2.12. The Morgan fingerprint density at radius 3 is 2.50 bits per heavy atom. The lowest BCUT2D eigenvalue weighted by Gasteiger charge is -2.10. The Kier molecular flexibility index (Phi) is 2.91. The Morgan fingerprint density at radius 2 is 1.92 bits per heavy atom. The Labute approximate surface area is 73.2 Å². The molecule has 0 atom stereocenters. The molecule has 66 valence electrons. The van der Waals surface area contributed by atoms with Crippen molar-refractivity contribution in [2.75, 3.05) is 17.7 Å². The first kappa shape index (κ1) is 8.84. The molecular formula is C9H15N3. The van der Waals surface area contributed by atoms with Crippen molar-refractivity contribution in [1.82, 2.24) is 4.98 Å². The van der Waals surface area contributed by atoms with Crippen LogP contribution in [0.15, 0.2) is 18.5 Å². The fourth-order valence-corrected chi connectivity index (χ4v) is 0.989. The average molecular weight is 165 g/mol. The van der Waals surface area contributed by atoms with Crippen LogP contribution < -0.4 is 10.6 Å². The van der Waals surface area contributed by atoms with Crippen molar-refractivity contribution >= 4 is 11.4 Å². The number of nitrogens with zero attached hydrogens (tertiary/aromatic N) is 1. The second-order valence-corrected chi connectivity index (χ2v) is 3.01. The molecular weight excluding hydrogens is 150 g/mol. The zero-order valence-corrected chi connectivity index (χ0v) is 7.76. The highest BCUT2D eigenvalue weighted by atomic mass is 14.9. The van der Waals surface area contributed by atoms with Gasteiger partial charge in [-0.3, -0.25) is 4.98 Å². The molecule has 1 aromatic heterocycles. The first-order valence-electron chi connectivity index (χ1n) is 4.11. The van der Waals surface area contributed by atoms with E-state index in [4.69, 9.17) is 0 Å². The Balaban J connectivity index is 2.72. The summed E-state index contributed by atoms with van der Waals surface area (Å²) in [5, 5.41) is 6.32. The van der Waals surface area contributed by atoms with Crippen molar-refractivity contribution in [3.63, 3.8) is 0 Å². The summed E-state index contributed by atoms with van der Waals surface area (Å²) in [5.74, 6) is 0. The molecule has 0 spiro atoms. The van der Waals surface area contributed by atoms with Crippen LogP contribution in [-0.2, 0) is 0 Å². The summed E-state index contributed by atoms with van der Waals surface area (Å²) in [6.07, 6.45) is 3.62. The van der Waals surface area contributed by atoms with Crippen LogP contribution in [-0.4, -0.2) is 18.1 Å². The molecule has 0 aromatic carbocycles. The van der Waals surface area contributed by atoms with Gasteiger partial charge >= 0.3 is 0 Å². The summed E-state index contributed by atoms with van der Waals surface area (Å²) in [4.78, 5) is 4.08. The molecule has 2 N–H and O–H groups in total. The lowest BCUT2D eigenvalue weighted by atomic mass is 10.3. The Hall–Kier alpha value is -1.25. The van der Waals surface area contributed by atoms with E-state index >= 15 is 0 Å². The van der Waals surface area contributed by atoms with Crippen LogP contribution in [0.1, 0.15) is 13.8 Å². The number of hydrogen-bond donors (Lipinski definition) is 2. The van der Waals surface area contributed by atoms with Crippen LogP contribution in [0.4, 0.5) is 11.4 Å². The quantitative estimate of drug-likeness (QED) is 0.718. The molecule has 12 heavy (non-hydrogen) atoms. The van der Waals surface area contributed by atoms with E-state index in [1.807, 2.05) is 19.3 Å². The lowest BCUT2D eigenvalue weighted by Crippen LogP contribution is -2.09. The maximum absolute atomic E-state index is 4.08. The predicted molar refractivity (Wildman–Crippen MR) is 52.5 cm³/mol. The monoisotopic (exact) mass is 165 g/mol. The first-order valence-corrected chi connectivity index (χ1v) is 4.11. The van der Waals surface area contributed by atoms with Gasteiger partial charge in [0.15, 0.2) is 0 Å². The summed E-state index contributed by atoms with van der Waals surface area (Å²) in [7, 11) is 1.89. The Bertz CT molecular complexity index is 245. The number of nitrogens with one attached hydrogen (secondary N) is 2. The van der Waals surface area contributed by atoms with Crippen molar-refractivity contribution in [1.29, 1.82) is 0 Å². The minimum absolute atomic E-state index is 0.443. The molecule has 1 heterocycles. The van der Waals surface area contributed by atoms with Gasteiger partial charge < -0.3 is 10.6 Å². The molecule has 0 amide bonds. The van der Waals surface area contributed by atoms with E-state index in [0.717, 1.165) is 11.4 Å². The molecule has 0 bridgehead atoms. The van der Waals surface area contributed by atoms with Gasteiger partial charge in [-0.1, -0.05) is 0 Å². The van der Waals surface area contributed by atoms with Crippen molar-refractivity contribution in [2.24, 2.45) is 0 Å². The Morgan fingerprint density at radius 1 is 1.25 bits per heavy atom. The zero-order valence-electron chi connectivity index (χ0n) is 7.76. The summed E-state index contributed by atoms with van der Waals surface area (Å²) in [6.45, 7) is 4.21. The van der Waals surface area contributed by atoms with Crippen molar-refractivity contribution in [2.45, 2.75) is 19.9 Å². The van der Waals surface area contributed by atoms with Crippen molar-refractivity contribution < 1.29 is 0 Å². The zero-order chi connectivity index (χ0) is 8.97. The molecule has 0 radical (unpaired) electrons. The van der Waals surface area contributed by atoms with Gasteiger partial charge in [-0.15, -0.1) is 0 Å². The molecule has 0 aliphatic carbocycles. The van der Waals surface area contributed by atoms with Gasteiger partial charge in [0.25, 0.3) is 0 Å². The molecule has 0 unspecified atom stereocenters. The van der Waals surface area contributed by atoms with E-state index in [2.05, 4.69) is 29.5 Å². The van der Waals surface area contributed by atoms with Crippen LogP contribution in [0.2, 0.25) is 0 Å². The summed E-state index contributed by atoms with van der Waals surface area (Å²) >= 11 is 0. The van der Waals surface area contributed by atoms with Crippen LogP contribution in [0.25, 0.3) is 0 Å². The van der Waals surface area contributed by atoms with E-state index in [-0.39, 0.29) is 0 Å². The maximum Gasteiger partial charge on any atom is 0.0549 e. The van der Waals surface area contributed by atoms with E-state index in [9.17, 15) is 0 Å². The van der Waals surface area contributed by atoms with Gasteiger partial charge in [0.1, 0.15) is 0 Å². The topological polar surface area (TPSA) is 37.0 Å². The number of pyridine rings is 1. The van der Waals surface area contributed by atoms with E-state index in [1.54, 1.807) is 6.20 Å². The summed E-state index contributed by atoms with van der Waals surface area (Å²) in [5.41, 5.74) is 2.08. The molecule has 0 aliphatic rings.